The summed E-state index contributed by atoms with van der Waals surface area (Å²) in [6.45, 7) is 13.1. The zero-order valence-corrected chi connectivity index (χ0v) is 11.7. The minimum Gasteiger partial charge on any atom is -0.368 e. The van der Waals surface area contributed by atoms with Gasteiger partial charge in [0.1, 0.15) is 0 Å². The molecule has 2 nitrogen and oxygen atoms in total. The molecule has 0 aromatic heterocycles. The molecular formula is C14H29NO. The van der Waals surface area contributed by atoms with E-state index in [9.17, 15) is 0 Å². The fraction of sp³-hybridized carbons (Fsp3) is 1.00. The summed E-state index contributed by atoms with van der Waals surface area (Å²) in [5.74, 6) is 0.801. The molecule has 0 amide bonds. The number of nitrogens with one attached hydrogen (secondary N) is 1. The van der Waals surface area contributed by atoms with Gasteiger partial charge >= 0.3 is 0 Å². The molecule has 1 rings (SSSR count). The third-order valence-corrected chi connectivity index (χ3v) is 3.27. The lowest BCUT2D eigenvalue weighted by molar-refractivity contribution is -0.153. The van der Waals surface area contributed by atoms with Gasteiger partial charge in [0.15, 0.2) is 0 Å². The summed E-state index contributed by atoms with van der Waals surface area (Å²) in [6, 6.07) is 0. The molecule has 2 atom stereocenters. The van der Waals surface area contributed by atoms with Crippen LogP contribution in [-0.4, -0.2) is 24.3 Å². The van der Waals surface area contributed by atoms with Crippen LogP contribution in [0.4, 0.5) is 0 Å². The van der Waals surface area contributed by atoms with Crippen molar-refractivity contribution in [2.75, 3.05) is 13.1 Å². The molecule has 1 aliphatic rings. The highest BCUT2D eigenvalue weighted by molar-refractivity contribution is 4.91. The average Bonchev–Trinajstić information content (AvgIpc) is 2.12. The quantitative estimate of drug-likeness (QED) is 0.795. The number of hydrogen-bond donors (Lipinski definition) is 1. The topological polar surface area (TPSA) is 21.3 Å². The molecule has 0 aliphatic heterocycles. The first-order chi connectivity index (χ1) is 7.37. The van der Waals surface area contributed by atoms with Gasteiger partial charge < -0.3 is 10.1 Å². The van der Waals surface area contributed by atoms with Crippen LogP contribution in [0.2, 0.25) is 0 Å². The van der Waals surface area contributed by atoms with Crippen molar-refractivity contribution in [3.63, 3.8) is 0 Å². The van der Waals surface area contributed by atoms with Gasteiger partial charge in [0.25, 0.3) is 0 Å². The van der Waals surface area contributed by atoms with Crippen molar-refractivity contribution in [2.45, 2.75) is 71.5 Å². The van der Waals surface area contributed by atoms with Gasteiger partial charge in [-0.05, 0) is 46.1 Å². The number of rotatable bonds is 4. The second-order valence-corrected chi connectivity index (χ2v) is 6.38. The Morgan fingerprint density at radius 1 is 1.38 bits per heavy atom. The molecule has 0 radical (unpaired) electrons. The molecule has 1 saturated carbocycles. The van der Waals surface area contributed by atoms with Crippen LogP contribution in [-0.2, 0) is 4.74 Å². The van der Waals surface area contributed by atoms with Gasteiger partial charge in [-0.15, -0.1) is 0 Å². The van der Waals surface area contributed by atoms with E-state index in [1.165, 1.54) is 25.7 Å². The van der Waals surface area contributed by atoms with Crippen LogP contribution < -0.4 is 5.32 Å². The molecule has 0 saturated heterocycles. The van der Waals surface area contributed by atoms with Gasteiger partial charge in [-0.1, -0.05) is 26.7 Å². The maximum atomic E-state index is 6.38. The van der Waals surface area contributed by atoms with Crippen molar-refractivity contribution in [3.05, 3.63) is 0 Å². The fourth-order valence-electron chi connectivity index (χ4n) is 2.90. The molecule has 0 aromatic rings. The van der Waals surface area contributed by atoms with Gasteiger partial charge in [0, 0.05) is 6.54 Å². The first kappa shape index (κ1) is 14.0. The SMILES string of the molecule is CCNCC1(OC(C)(C)C)CCCC(C)C1. The third-order valence-electron chi connectivity index (χ3n) is 3.27. The molecule has 1 aliphatic carbocycles. The zero-order chi connectivity index (χ0) is 12.2. The minimum absolute atomic E-state index is 0.0352. The van der Waals surface area contributed by atoms with Crippen molar-refractivity contribution in [2.24, 2.45) is 5.92 Å². The highest BCUT2D eigenvalue weighted by atomic mass is 16.5. The highest BCUT2D eigenvalue weighted by Crippen LogP contribution is 2.37. The smallest absolute Gasteiger partial charge is 0.0815 e. The largest absolute Gasteiger partial charge is 0.368 e. The van der Waals surface area contributed by atoms with Crippen molar-refractivity contribution in [3.8, 4) is 0 Å². The fourth-order valence-corrected chi connectivity index (χ4v) is 2.90. The molecule has 0 spiro atoms. The molecule has 1 N–H and O–H groups in total. The van der Waals surface area contributed by atoms with Gasteiger partial charge in [-0.2, -0.15) is 0 Å². The van der Waals surface area contributed by atoms with Crippen molar-refractivity contribution in [1.29, 1.82) is 0 Å². The molecule has 0 bridgehead atoms. The molecule has 96 valence electrons. The monoisotopic (exact) mass is 227 g/mol. The summed E-state index contributed by atoms with van der Waals surface area (Å²) in [5.41, 5.74) is 0.0401. The summed E-state index contributed by atoms with van der Waals surface area (Å²) >= 11 is 0. The number of hydrogen-bond acceptors (Lipinski definition) is 2. The Morgan fingerprint density at radius 2 is 2.06 bits per heavy atom. The maximum absolute atomic E-state index is 6.38. The van der Waals surface area contributed by atoms with Crippen LogP contribution in [0.15, 0.2) is 0 Å². The molecule has 16 heavy (non-hydrogen) atoms. The van der Waals surface area contributed by atoms with Crippen LogP contribution in [0.25, 0.3) is 0 Å². The predicted molar refractivity (Wildman–Crippen MR) is 69.7 cm³/mol. The Morgan fingerprint density at radius 3 is 2.56 bits per heavy atom. The van der Waals surface area contributed by atoms with E-state index in [2.05, 4.69) is 39.9 Å². The van der Waals surface area contributed by atoms with Gasteiger partial charge in [-0.3, -0.25) is 0 Å². The summed E-state index contributed by atoms with van der Waals surface area (Å²) in [4.78, 5) is 0. The molecule has 2 unspecified atom stereocenters. The number of likely N-dealkylation sites (N-methyl/N-ethyl adjacent to an activating group) is 1. The van der Waals surface area contributed by atoms with E-state index in [4.69, 9.17) is 4.74 Å². The second-order valence-electron chi connectivity index (χ2n) is 6.38. The maximum Gasteiger partial charge on any atom is 0.0815 e. The lowest BCUT2D eigenvalue weighted by atomic mass is 9.78. The first-order valence-corrected chi connectivity index (χ1v) is 6.78. The first-order valence-electron chi connectivity index (χ1n) is 6.78. The second kappa shape index (κ2) is 5.50. The van der Waals surface area contributed by atoms with Gasteiger partial charge in [0.2, 0.25) is 0 Å². The van der Waals surface area contributed by atoms with E-state index >= 15 is 0 Å². The minimum atomic E-state index is -0.0352. The van der Waals surface area contributed by atoms with Crippen LogP contribution in [0.5, 0.6) is 0 Å². The summed E-state index contributed by atoms with van der Waals surface area (Å²) in [7, 11) is 0. The third kappa shape index (κ3) is 4.42. The molecule has 1 fully saturated rings. The number of ether oxygens (including phenoxy) is 1. The van der Waals surface area contributed by atoms with Crippen molar-refractivity contribution < 1.29 is 4.74 Å². The summed E-state index contributed by atoms with van der Waals surface area (Å²) in [5, 5.41) is 3.48. The van der Waals surface area contributed by atoms with Crippen LogP contribution in [0.3, 0.4) is 0 Å². The highest BCUT2D eigenvalue weighted by Gasteiger charge is 2.38. The Balaban J connectivity index is 2.67. The average molecular weight is 227 g/mol. The van der Waals surface area contributed by atoms with E-state index in [1.54, 1.807) is 0 Å². The van der Waals surface area contributed by atoms with E-state index in [0.717, 1.165) is 19.0 Å². The van der Waals surface area contributed by atoms with E-state index < -0.39 is 0 Å². The molecule has 0 heterocycles. The van der Waals surface area contributed by atoms with Gasteiger partial charge in [-0.25, -0.2) is 0 Å². The Bertz CT molecular complexity index is 209. The molecular weight excluding hydrogens is 198 g/mol. The Kier molecular flexibility index (Phi) is 4.81. The predicted octanol–water partition coefficient (Wildman–Crippen LogP) is 3.36. The van der Waals surface area contributed by atoms with Crippen LogP contribution in [0.1, 0.15) is 60.3 Å². The lowest BCUT2D eigenvalue weighted by Gasteiger charge is -2.44. The normalized spacial score (nSPS) is 31.7. The lowest BCUT2D eigenvalue weighted by Crippen LogP contribution is -2.50. The van der Waals surface area contributed by atoms with E-state index in [1.807, 2.05) is 0 Å². The van der Waals surface area contributed by atoms with Crippen LogP contribution in [0, 0.1) is 5.92 Å². The van der Waals surface area contributed by atoms with Crippen molar-refractivity contribution in [1.82, 2.24) is 5.32 Å². The van der Waals surface area contributed by atoms with E-state index in [-0.39, 0.29) is 11.2 Å². The Hall–Kier alpha value is -0.0800. The van der Waals surface area contributed by atoms with Crippen LogP contribution >= 0.6 is 0 Å². The Labute approximate surface area is 101 Å². The molecule has 0 aromatic carbocycles. The molecule has 2 heteroatoms. The van der Waals surface area contributed by atoms with Gasteiger partial charge in [0.05, 0.1) is 11.2 Å². The summed E-state index contributed by atoms with van der Waals surface area (Å²) in [6.07, 6.45) is 5.09. The summed E-state index contributed by atoms with van der Waals surface area (Å²) < 4.78 is 6.38. The van der Waals surface area contributed by atoms with Crippen molar-refractivity contribution >= 4 is 0 Å². The van der Waals surface area contributed by atoms with E-state index in [0.29, 0.717) is 0 Å². The zero-order valence-electron chi connectivity index (χ0n) is 11.7. The standard InChI is InChI=1S/C14H29NO/c1-6-15-11-14(16-13(3,4)5)9-7-8-12(2)10-14/h12,15H,6-11H2,1-5H3.